The second kappa shape index (κ2) is 14.2. The first kappa shape index (κ1) is 20.2. The Hall–Kier alpha value is -0.790. The first-order chi connectivity index (χ1) is 10.1. The zero-order valence-electron chi connectivity index (χ0n) is 13.1. The van der Waals surface area contributed by atoms with Crippen molar-refractivity contribution < 1.29 is 14.7 Å². The van der Waals surface area contributed by atoms with Gasteiger partial charge in [-0.2, -0.15) is 11.8 Å². The van der Waals surface area contributed by atoms with Crippen LogP contribution in [0, 0.1) is 0 Å². The van der Waals surface area contributed by atoms with Gasteiger partial charge in [-0.25, -0.2) is 4.79 Å². The summed E-state index contributed by atoms with van der Waals surface area (Å²) in [5.74, 6) is 0.980. The van der Waals surface area contributed by atoms with Gasteiger partial charge in [0.25, 0.3) is 0 Å². The van der Waals surface area contributed by atoms with Gasteiger partial charge in [0.2, 0.25) is 0 Å². The molecule has 0 aliphatic heterocycles. The second-order valence-corrected chi connectivity index (χ2v) is 5.89. The number of carbonyl (C=O) groups is 2. The number of ketones is 1. The van der Waals surface area contributed by atoms with Gasteiger partial charge >= 0.3 is 6.03 Å². The van der Waals surface area contributed by atoms with Crippen LogP contribution < -0.4 is 16.0 Å². The van der Waals surface area contributed by atoms with E-state index in [2.05, 4.69) is 22.2 Å². The Morgan fingerprint density at radius 1 is 1.10 bits per heavy atom. The average Bonchev–Trinajstić information content (AvgIpc) is 2.46. The highest BCUT2D eigenvalue weighted by molar-refractivity contribution is 7.98. The van der Waals surface area contributed by atoms with Gasteiger partial charge < -0.3 is 21.1 Å². The SMILES string of the molecule is CSCCCCCCNCCNC(=O)N[C@@H](CO)C(C)=O. The van der Waals surface area contributed by atoms with Gasteiger partial charge in [0.15, 0.2) is 5.78 Å². The number of nitrogens with one attached hydrogen (secondary N) is 3. The molecule has 0 rings (SSSR count). The van der Waals surface area contributed by atoms with E-state index in [1.54, 1.807) is 0 Å². The summed E-state index contributed by atoms with van der Waals surface area (Å²) in [4.78, 5) is 22.5. The highest BCUT2D eigenvalue weighted by atomic mass is 32.2. The number of urea groups is 1. The van der Waals surface area contributed by atoms with E-state index in [0.717, 1.165) is 13.0 Å². The zero-order valence-corrected chi connectivity index (χ0v) is 13.9. The van der Waals surface area contributed by atoms with Gasteiger partial charge in [-0.15, -0.1) is 0 Å². The first-order valence-corrected chi connectivity index (χ1v) is 8.86. The molecule has 0 aromatic carbocycles. The second-order valence-electron chi connectivity index (χ2n) is 4.90. The topological polar surface area (TPSA) is 90.5 Å². The molecule has 0 fully saturated rings. The van der Waals surface area contributed by atoms with Gasteiger partial charge in [0, 0.05) is 13.1 Å². The van der Waals surface area contributed by atoms with E-state index < -0.39 is 12.1 Å². The molecule has 0 spiro atoms. The minimum absolute atomic E-state index is 0.257. The van der Waals surface area contributed by atoms with E-state index in [1.807, 2.05) is 11.8 Å². The lowest BCUT2D eigenvalue weighted by Crippen LogP contribution is -2.48. The lowest BCUT2D eigenvalue weighted by molar-refractivity contribution is -0.119. The maximum Gasteiger partial charge on any atom is 0.315 e. The summed E-state index contributed by atoms with van der Waals surface area (Å²) in [6.07, 6.45) is 7.07. The normalized spacial score (nSPS) is 12.0. The number of amides is 2. The van der Waals surface area contributed by atoms with Crippen molar-refractivity contribution in [1.82, 2.24) is 16.0 Å². The third-order valence-corrected chi connectivity index (χ3v) is 3.71. The van der Waals surface area contributed by atoms with Crippen molar-refractivity contribution in [2.45, 2.75) is 38.6 Å². The monoisotopic (exact) mass is 319 g/mol. The molecule has 4 N–H and O–H groups in total. The zero-order chi connectivity index (χ0) is 15.9. The highest BCUT2D eigenvalue weighted by Gasteiger charge is 2.14. The Morgan fingerprint density at radius 3 is 2.43 bits per heavy atom. The largest absolute Gasteiger partial charge is 0.394 e. The Kier molecular flexibility index (Phi) is 13.6. The molecule has 0 aromatic rings. The summed E-state index contributed by atoms with van der Waals surface area (Å²) in [6.45, 7) is 3.10. The molecule has 21 heavy (non-hydrogen) atoms. The predicted octanol–water partition coefficient (Wildman–Crippen LogP) is 0.749. The number of hydrogen-bond acceptors (Lipinski definition) is 5. The number of aliphatic hydroxyl groups is 1. The number of carbonyl (C=O) groups excluding carboxylic acids is 2. The van der Waals surface area contributed by atoms with E-state index in [1.165, 1.54) is 31.9 Å². The Bertz CT molecular complexity index is 291. The predicted molar refractivity (Wildman–Crippen MR) is 87.8 cm³/mol. The molecule has 1 atom stereocenters. The number of unbranched alkanes of at least 4 members (excludes halogenated alkanes) is 3. The fraction of sp³-hybridized carbons (Fsp3) is 0.857. The van der Waals surface area contributed by atoms with Crippen LogP contribution in [-0.4, -0.2) is 61.2 Å². The number of Topliss-reactive ketones (excluding diaryl/α,β-unsaturated/α-hetero) is 1. The quantitative estimate of drug-likeness (QED) is 0.376. The number of rotatable bonds is 13. The molecule has 0 aromatic heterocycles. The molecular formula is C14H29N3O3S. The van der Waals surface area contributed by atoms with Crippen LogP contribution in [0.2, 0.25) is 0 Å². The molecule has 0 bridgehead atoms. The molecule has 0 saturated carbocycles. The van der Waals surface area contributed by atoms with Crippen LogP contribution in [-0.2, 0) is 4.79 Å². The maximum atomic E-state index is 11.4. The summed E-state index contributed by atoms with van der Waals surface area (Å²) in [5.41, 5.74) is 0. The molecule has 0 aliphatic rings. The molecular weight excluding hydrogens is 290 g/mol. The summed E-state index contributed by atoms with van der Waals surface area (Å²) >= 11 is 1.89. The van der Waals surface area contributed by atoms with Crippen molar-refractivity contribution >= 4 is 23.6 Å². The van der Waals surface area contributed by atoms with Gasteiger partial charge in [0.05, 0.1) is 6.61 Å². The van der Waals surface area contributed by atoms with Gasteiger partial charge in [-0.3, -0.25) is 4.79 Å². The average molecular weight is 319 g/mol. The smallest absolute Gasteiger partial charge is 0.315 e. The first-order valence-electron chi connectivity index (χ1n) is 7.47. The van der Waals surface area contributed by atoms with Crippen molar-refractivity contribution in [1.29, 1.82) is 0 Å². The van der Waals surface area contributed by atoms with Crippen molar-refractivity contribution in [2.24, 2.45) is 0 Å². The molecule has 124 valence electrons. The van der Waals surface area contributed by atoms with Crippen molar-refractivity contribution in [2.75, 3.05) is 38.2 Å². The van der Waals surface area contributed by atoms with Crippen LogP contribution in [0.3, 0.4) is 0 Å². The third kappa shape index (κ3) is 12.6. The summed E-state index contributed by atoms with van der Waals surface area (Å²) in [6, 6.07) is -1.25. The van der Waals surface area contributed by atoms with Gasteiger partial charge in [-0.05, 0) is 38.3 Å². The molecule has 0 radical (unpaired) electrons. The van der Waals surface area contributed by atoms with Crippen LogP contribution in [0.15, 0.2) is 0 Å². The number of hydrogen-bond donors (Lipinski definition) is 4. The van der Waals surface area contributed by atoms with Crippen LogP contribution >= 0.6 is 11.8 Å². The Labute approximate surface area is 131 Å². The van der Waals surface area contributed by atoms with E-state index >= 15 is 0 Å². The third-order valence-electron chi connectivity index (χ3n) is 3.02. The molecule has 7 heteroatoms. The lowest BCUT2D eigenvalue weighted by atomic mass is 10.2. The lowest BCUT2D eigenvalue weighted by Gasteiger charge is -2.14. The van der Waals surface area contributed by atoms with Gasteiger partial charge in [0.1, 0.15) is 6.04 Å². The van der Waals surface area contributed by atoms with E-state index in [9.17, 15) is 9.59 Å². The molecule has 0 saturated heterocycles. The molecule has 0 unspecified atom stereocenters. The molecule has 2 amide bonds. The Morgan fingerprint density at radius 2 is 1.81 bits per heavy atom. The number of aliphatic hydroxyl groups excluding tert-OH is 1. The fourth-order valence-electron chi connectivity index (χ4n) is 1.72. The molecule has 6 nitrogen and oxygen atoms in total. The van der Waals surface area contributed by atoms with Gasteiger partial charge in [-0.1, -0.05) is 12.8 Å². The van der Waals surface area contributed by atoms with Crippen molar-refractivity contribution in [3.63, 3.8) is 0 Å². The minimum atomic E-state index is -0.820. The van der Waals surface area contributed by atoms with E-state index in [4.69, 9.17) is 5.11 Å². The standard InChI is InChI=1S/C14H29N3O3S/c1-12(19)13(11-18)17-14(20)16-9-8-15-7-5-3-4-6-10-21-2/h13,15,18H,3-11H2,1-2H3,(H2,16,17,20)/t13-/m0/s1. The Balaban J connectivity index is 3.38. The molecule has 0 heterocycles. The summed E-state index contributed by atoms with van der Waals surface area (Å²) in [7, 11) is 0. The van der Waals surface area contributed by atoms with Crippen molar-refractivity contribution in [3.05, 3.63) is 0 Å². The van der Waals surface area contributed by atoms with Crippen LogP contribution in [0.5, 0.6) is 0 Å². The summed E-state index contributed by atoms with van der Waals surface area (Å²) < 4.78 is 0. The fourth-order valence-corrected chi connectivity index (χ4v) is 2.22. The van der Waals surface area contributed by atoms with Crippen LogP contribution in [0.1, 0.15) is 32.6 Å². The van der Waals surface area contributed by atoms with E-state index in [0.29, 0.717) is 13.1 Å². The number of thioether (sulfide) groups is 1. The highest BCUT2D eigenvalue weighted by Crippen LogP contribution is 2.03. The molecule has 0 aliphatic carbocycles. The maximum absolute atomic E-state index is 11.4. The summed E-state index contributed by atoms with van der Waals surface area (Å²) in [5, 5.41) is 17.2. The van der Waals surface area contributed by atoms with Crippen LogP contribution in [0.25, 0.3) is 0 Å². The van der Waals surface area contributed by atoms with Crippen LogP contribution in [0.4, 0.5) is 4.79 Å². The van der Waals surface area contributed by atoms with E-state index in [-0.39, 0.29) is 12.4 Å². The minimum Gasteiger partial charge on any atom is -0.394 e. The van der Waals surface area contributed by atoms with Crippen molar-refractivity contribution in [3.8, 4) is 0 Å².